The van der Waals surface area contributed by atoms with E-state index in [1.165, 1.54) is 4.31 Å². The Kier molecular flexibility index (Phi) is 4.65. The first-order valence-corrected chi connectivity index (χ1v) is 9.49. The van der Waals surface area contributed by atoms with Crippen molar-refractivity contribution in [2.75, 3.05) is 31.1 Å². The minimum absolute atomic E-state index is 0.316. The number of aryl methyl sites for hydroxylation is 1. The van der Waals surface area contributed by atoms with Crippen LogP contribution in [0, 0.1) is 6.92 Å². The Labute approximate surface area is 144 Å². The zero-order chi connectivity index (χ0) is 16.4. The second-order valence-corrected chi connectivity index (χ2v) is 8.15. The van der Waals surface area contributed by atoms with Gasteiger partial charge in [-0.15, -0.1) is 0 Å². The van der Waals surface area contributed by atoms with Gasteiger partial charge in [-0.2, -0.15) is 4.31 Å². The third kappa shape index (κ3) is 3.39. The van der Waals surface area contributed by atoms with Crippen LogP contribution >= 0.6 is 15.9 Å². The molecule has 1 fully saturated rings. The lowest BCUT2D eigenvalue weighted by molar-refractivity contribution is 0.383. The molecule has 0 bridgehead atoms. The Bertz CT molecular complexity index is 790. The molecule has 2 aromatic rings. The largest absolute Gasteiger partial charge is 0.353 e. The zero-order valence-corrected chi connectivity index (χ0v) is 15.1. The first kappa shape index (κ1) is 16.4. The Morgan fingerprint density at radius 1 is 1.13 bits per heavy atom. The fourth-order valence-corrected chi connectivity index (χ4v) is 5.14. The van der Waals surface area contributed by atoms with Crippen LogP contribution < -0.4 is 4.90 Å². The molecule has 0 saturated carbocycles. The van der Waals surface area contributed by atoms with Crippen LogP contribution in [0.15, 0.2) is 46.2 Å². The molecule has 0 atom stereocenters. The maximum atomic E-state index is 12.8. The summed E-state index contributed by atoms with van der Waals surface area (Å²) < 4.78 is 27.8. The topological polar surface area (TPSA) is 66.4 Å². The molecular formula is C15H17BrN4O2S. The third-order valence-electron chi connectivity index (χ3n) is 3.82. The fourth-order valence-electron chi connectivity index (χ4n) is 2.57. The molecule has 1 aliphatic heterocycles. The van der Waals surface area contributed by atoms with Crippen molar-refractivity contribution in [3.05, 3.63) is 46.8 Å². The lowest BCUT2D eigenvalue weighted by atomic mass is 10.2. The van der Waals surface area contributed by atoms with Crippen LogP contribution in [-0.2, 0) is 10.0 Å². The van der Waals surface area contributed by atoms with E-state index in [1.807, 2.05) is 24.0 Å². The molecule has 3 rings (SSSR count). The van der Waals surface area contributed by atoms with Crippen LogP contribution in [0.3, 0.4) is 0 Å². The number of sulfonamides is 1. The molecule has 1 aromatic carbocycles. The van der Waals surface area contributed by atoms with E-state index < -0.39 is 10.0 Å². The van der Waals surface area contributed by atoms with Crippen LogP contribution in [0.5, 0.6) is 0 Å². The van der Waals surface area contributed by atoms with Gasteiger partial charge in [-0.1, -0.05) is 6.07 Å². The van der Waals surface area contributed by atoms with E-state index in [0.717, 1.165) is 11.4 Å². The van der Waals surface area contributed by atoms with Gasteiger partial charge in [0.1, 0.15) is 5.82 Å². The molecule has 6 nitrogen and oxygen atoms in total. The maximum Gasteiger partial charge on any atom is 0.244 e. The standard InChI is InChI=1S/C15H17BrN4O2S/c1-12-2-3-14(13(16)10-12)23(21,22)20-8-6-19(7-9-20)15-11-17-4-5-18-15/h2-5,10-11H,6-9H2,1H3. The molecular weight excluding hydrogens is 380 g/mol. The van der Waals surface area contributed by atoms with E-state index in [4.69, 9.17) is 0 Å². The van der Waals surface area contributed by atoms with Crippen molar-refractivity contribution in [2.24, 2.45) is 0 Å². The molecule has 0 amide bonds. The van der Waals surface area contributed by atoms with Gasteiger partial charge in [0.15, 0.2) is 0 Å². The van der Waals surface area contributed by atoms with E-state index in [1.54, 1.807) is 24.7 Å². The van der Waals surface area contributed by atoms with Gasteiger partial charge >= 0.3 is 0 Å². The summed E-state index contributed by atoms with van der Waals surface area (Å²) in [5, 5.41) is 0. The second kappa shape index (κ2) is 6.54. The summed E-state index contributed by atoms with van der Waals surface area (Å²) in [6, 6.07) is 5.29. The summed E-state index contributed by atoms with van der Waals surface area (Å²) in [6.45, 7) is 3.99. The van der Waals surface area contributed by atoms with Gasteiger partial charge in [-0.25, -0.2) is 13.4 Å². The SMILES string of the molecule is Cc1ccc(S(=O)(=O)N2CCN(c3cnccn3)CC2)c(Br)c1. The van der Waals surface area contributed by atoms with Crippen molar-refractivity contribution in [1.29, 1.82) is 0 Å². The average Bonchev–Trinajstić information content (AvgIpc) is 2.55. The maximum absolute atomic E-state index is 12.8. The van der Waals surface area contributed by atoms with Crippen molar-refractivity contribution < 1.29 is 8.42 Å². The molecule has 1 aromatic heterocycles. The van der Waals surface area contributed by atoms with E-state index >= 15 is 0 Å². The quantitative estimate of drug-likeness (QED) is 0.793. The van der Waals surface area contributed by atoms with Crippen LogP contribution in [-0.4, -0.2) is 48.9 Å². The highest BCUT2D eigenvalue weighted by molar-refractivity contribution is 9.10. The van der Waals surface area contributed by atoms with Gasteiger partial charge < -0.3 is 4.90 Å². The summed E-state index contributed by atoms with van der Waals surface area (Å²) in [7, 11) is -3.49. The minimum atomic E-state index is -3.49. The fraction of sp³-hybridized carbons (Fsp3) is 0.333. The van der Waals surface area contributed by atoms with Gasteiger partial charge in [0.05, 0.1) is 11.1 Å². The first-order chi connectivity index (χ1) is 11.0. The highest BCUT2D eigenvalue weighted by Crippen LogP contribution is 2.27. The molecule has 0 aliphatic carbocycles. The number of nitrogens with zero attached hydrogens (tertiary/aromatic N) is 4. The number of halogens is 1. The Morgan fingerprint density at radius 2 is 1.87 bits per heavy atom. The summed E-state index contributed by atoms with van der Waals surface area (Å²) in [4.78, 5) is 10.7. The number of hydrogen-bond donors (Lipinski definition) is 0. The number of piperazine rings is 1. The Hall–Kier alpha value is -1.51. The minimum Gasteiger partial charge on any atom is -0.353 e. The summed E-state index contributed by atoms with van der Waals surface area (Å²) in [5.41, 5.74) is 1.02. The molecule has 23 heavy (non-hydrogen) atoms. The zero-order valence-electron chi connectivity index (χ0n) is 12.7. The van der Waals surface area contributed by atoms with Crippen molar-refractivity contribution >= 4 is 31.8 Å². The molecule has 1 aliphatic rings. The third-order valence-corrected chi connectivity index (χ3v) is 6.69. The summed E-state index contributed by atoms with van der Waals surface area (Å²) in [6.07, 6.45) is 4.96. The predicted octanol–water partition coefficient (Wildman–Crippen LogP) is 2.06. The molecule has 0 N–H and O–H groups in total. The monoisotopic (exact) mass is 396 g/mol. The predicted molar refractivity (Wildman–Crippen MR) is 91.9 cm³/mol. The number of anilines is 1. The van der Waals surface area contributed by atoms with Crippen molar-refractivity contribution in [3.63, 3.8) is 0 Å². The second-order valence-electron chi connectivity index (χ2n) is 5.39. The van der Waals surface area contributed by atoms with Crippen molar-refractivity contribution in [2.45, 2.75) is 11.8 Å². The molecule has 0 radical (unpaired) electrons. The highest BCUT2D eigenvalue weighted by Gasteiger charge is 2.30. The number of rotatable bonds is 3. The van der Waals surface area contributed by atoms with Crippen molar-refractivity contribution in [1.82, 2.24) is 14.3 Å². The number of aromatic nitrogens is 2. The Balaban J connectivity index is 1.76. The van der Waals surface area contributed by atoms with E-state index in [9.17, 15) is 8.42 Å². The van der Waals surface area contributed by atoms with Crippen LogP contribution in [0.1, 0.15) is 5.56 Å². The van der Waals surface area contributed by atoms with Gasteiger partial charge in [0.2, 0.25) is 10.0 Å². The van der Waals surface area contributed by atoms with E-state index in [-0.39, 0.29) is 0 Å². The normalized spacial score (nSPS) is 16.5. The van der Waals surface area contributed by atoms with Crippen LogP contribution in [0.4, 0.5) is 5.82 Å². The number of benzene rings is 1. The molecule has 2 heterocycles. The molecule has 0 unspecified atom stereocenters. The molecule has 0 spiro atoms. The lowest BCUT2D eigenvalue weighted by Crippen LogP contribution is -2.49. The van der Waals surface area contributed by atoms with Crippen LogP contribution in [0.25, 0.3) is 0 Å². The van der Waals surface area contributed by atoms with Crippen molar-refractivity contribution in [3.8, 4) is 0 Å². The average molecular weight is 397 g/mol. The van der Waals surface area contributed by atoms with E-state index in [2.05, 4.69) is 25.9 Å². The molecule has 122 valence electrons. The summed E-state index contributed by atoms with van der Waals surface area (Å²) in [5.74, 6) is 0.779. The number of hydrogen-bond acceptors (Lipinski definition) is 5. The van der Waals surface area contributed by atoms with E-state index in [0.29, 0.717) is 35.5 Å². The summed E-state index contributed by atoms with van der Waals surface area (Å²) >= 11 is 3.36. The first-order valence-electron chi connectivity index (χ1n) is 7.26. The Morgan fingerprint density at radius 3 is 2.48 bits per heavy atom. The smallest absolute Gasteiger partial charge is 0.244 e. The van der Waals surface area contributed by atoms with Gasteiger partial charge in [0.25, 0.3) is 0 Å². The lowest BCUT2D eigenvalue weighted by Gasteiger charge is -2.34. The van der Waals surface area contributed by atoms with Gasteiger partial charge in [-0.05, 0) is 40.5 Å². The molecule has 1 saturated heterocycles. The van der Waals surface area contributed by atoms with Gasteiger partial charge in [0, 0.05) is 43.0 Å². The van der Waals surface area contributed by atoms with Gasteiger partial charge in [-0.3, -0.25) is 4.98 Å². The molecule has 8 heteroatoms. The van der Waals surface area contributed by atoms with Crippen LogP contribution in [0.2, 0.25) is 0 Å². The highest BCUT2D eigenvalue weighted by atomic mass is 79.9.